The number of benzene rings is 1. The highest BCUT2D eigenvalue weighted by molar-refractivity contribution is 9.10. The van der Waals surface area contributed by atoms with Gasteiger partial charge in [0.05, 0.1) is 11.9 Å². The number of rotatable bonds is 2. The van der Waals surface area contributed by atoms with Crippen molar-refractivity contribution in [3.05, 3.63) is 40.9 Å². The topological polar surface area (TPSA) is 73.3 Å². The van der Waals surface area contributed by atoms with Crippen LogP contribution in [0.25, 0.3) is 0 Å². The molecule has 1 aliphatic heterocycles. The van der Waals surface area contributed by atoms with Crippen molar-refractivity contribution in [1.29, 1.82) is 0 Å². The number of carbonyl (C=O) groups excluding carboxylic acids is 1. The molecule has 1 aromatic heterocycles. The van der Waals surface area contributed by atoms with Gasteiger partial charge in [-0.05, 0) is 15.9 Å². The summed E-state index contributed by atoms with van der Waals surface area (Å²) >= 11 is 3.39. The van der Waals surface area contributed by atoms with Crippen molar-refractivity contribution in [2.24, 2.45) is 0 Å². The Hall–Kier alpha value is -2.15. The molecule has 6 nitrogen and oxygen atoms in total. The third kappa shape index (κ3) is 2.57. The number of aromatic nitrogens is 2. The minimum atomic E-state index is -0.338. The normalized spacial score (nSPS) is 12.8. The van der Waals surface area contributed by atoms with Crippen molar-refractivity contribution in [1.82, 2.24) is 9.97 Å². The molecule has 0 spiro atoms. The predicted molar refractivity (Wildman–Crippen MR) is 75.1 cm³/mol. The Morgan fingerprint density at radius 2 is 1.95 bits per heavy atom. The van der Waals surface area contributed by atoms with Gasteiger partial charge >= 0.3 is 0 Å². The van der Waals surface area contributed by atoms with Gasteiger partial charge in [-0.1, -0.05) is 0 Å². The largest absolute Gasteiger partial charge is 0.486 e. The van der Waals surface area contributed by atoms with Gasteiger partial charge in [-0.15, -0.1) is 0 Å². The highest BCUT2D eigenvalue weighted by atomic mass is 79.9. The third-order valence-electron chi connectivity index (χ3n) is 2.68. The SMILES string of the molecule is O=C(Nc1cc2c(cc1Br)OCCO2)c1cnccn1. The fourth-order valence-electron chi connectivity index (χ4n) is 1.76. The fraction of sp³-hybridized carbons (Fsp3) is 0.154. The zero-order valence-corrected chi connectivity index (χ0v) is 11.9. The Labute approximate surface area is 123 Å². The van der Waals surface area contributed by atoms with E-state index in [1.54, 1.807) is 12.1 Å². The first-order valence-electron chi connectivity index (χ1n) is 5.90. The van der Waals surface area contributed by atoms with Gasteiger partial charge in [0.15, 0.2) is 11.5 Å². The number of hydrogen-bond acceptors (Lipinski definition) is 5. The van der Waals surface area contributed by atoms with Crippen LogP contribution in [0.15, 0.2) is 35.2 Å². The van der Waals surface area contributed by atoms with Crippen LogP contribution in [0.1, 0.15) is 10.5 Å². The first kappa shape index (κ1) is 12.9. The molecule has 7 heteroatoms. The van der Waals surface area contributed by atoms with E-state index in [-0.39, 0.29) is 11.6 Å². The van der Waals surface area contributed by atoms with Gasteiger partial charge in [-0.3, -0.25) is 9.78 Å². The van der Waals surface area contributed by atoms with Crippen LogP contribution in [0, 0.1) is 0 Å². The number of amides is 1. The predicted octanol–water partition coefficient (Wildman–Crippen LogP) is 2.26. The molecule has 0 radical (unpaired) electrons. The lowest BCUT2D eigenvalue weighted by Gasteiger charge is -2.20. The molecule has 102 valence electrons. The molecule has 0 bridgehead atoms. The number of nitrogens with one attached hydrogen (secondary N) is 1. The number of ether oxygens (including phenoxy) is 2. The summed E-state index contributed by atoms with van der Waals surface area (Å²) in [6.07, 6.45) is 4.38. The summed E-state index contributed by atoms with van der Waals surface area (Å²) in [4.78, 5) is 19.8. The van der Waals surface area contributed by atoms with E-state index in [0.29, 0.717) is 34.9 Å². The third-order valence-corrected chi connectivity index (χ3v) is 3.33. The van der Waals surface area contributed by atoms with Gasteiger partial charge < -0.3 is 14.8 Å². The summed E-state index contributed by atoms with van der Waals surface area (Å²) in [5.74, 6) is 0.921. The van der Waals surface area contributed by atoms with Crippen molar-refractivity contribution >= 4 is 27.5 Å². The van der Waals surface area contributed by atoms with E-state index in [1.165, 1.54) is 18.6 Å². The molecular weight excluding hydrogens is 326 g/mol. The Morgan fingerprint density at radius 3 is 2.65 bits per heavy atom. The maximum atomic E-state index is 12.0. The lowest BCUT2D eigenvalue weighted by Crippen LogP contribution is -2.17. The van der Waals surface area contributed by atoms with E-state index in [4.69, 9.17) is 9.47 Å². The standard InChI is InChI=1S/C13H10BrN3O3/c14-8-5-11-12(20-4-3-19-11)6-9(8)17-13(18)10-7-15-1-2-16-10/h1-2,5-7H,3-4H2,(H,17,18). The van der Waals surface area contributed by atoms with Gasteiger partial charge in [0, 0.05) is 29.0 Å². The minimum Gasteiger partial charge on any atom is -0.486 e. The summed E-state index contributed by atoms with van der Waals surface area (Å²) in [6, 6.07) is 3.48. The van der Waals surface area contributed by atoms with Gasteiger partial charge in [0.1, 0.15) is 18.9 Å². The van der Waals surface area contributed by atoms with Crippen molar-refractivity contribution in [2.75, 3.05) is 18.5 Å². The smallest absolute Gasteiger partial charge is 0.275 e. The van der Waals surface area contributed by atoms with Crippen LogP contribution in [0.4, 0.5) is 5.69 Å². The van der Waals surface area contributed by atoms with E-state index in [2.05, 4.69) is 31.2 Å². The molecule has 0 unspecified atom stereocenters. The van der Waals surface area contributed by atoms with Crippen LogP contribution in [0.5, 0.6) is 11.5 Å². The van der Waals surface area contributed by atoms with E-state index in [1.807, 2.05) is 0 Å². The first-order valence-corrected chi connectivity index (χ1v) is 6.70. The molecule has 20 heavy (non-hydrogen) atoms. The Morgan fingerprint density at radius 1 is 1.20 bits per heavy atom. The van der Waals surface area contributed by atoms with Gasteiger partial charge in [-0.25, -0.2) is 4.98 Å². The van der Waals surface area contributed by atoms with E-state index < -0.39 is 0 Å². The zero-order valence-electron chi connectivity index (χ0n) is 10.3. The maximum Gasteiger partial charge on any atom is 0.275 e. The summed E-state index contributed by atoms with van der Waals surface area (Å²) in [6.45, 7) is 1.01. The van der Waals surface area contributed by atoms with Crippen LogP contribution in [0.2, 0.25) is 0 Å². The fourth-order valence-corrected chi connectivity index (χ4v) is 2.18. The second kappa shape index (κ2) is 5.46. The second-order valence-corrected chi connectivity index (χ2v) is 4.87. The van der Waals surface area contributed by atoms with Gasteiger partial charge in [0.25, 0.3) is 5.91 Å². The average molecular weight is 336 g/mol. The number of halogens is 1. The van der Waals surface area contributed by atoms with Crippen LogP contribution >= 0.6 is 15.9 Å². The second-order valence-electron chi connectivity index (χ2n) is 4.02. The number of anilines is 1. The molecule has 1 aromatic carbocycles. The first-order chi connectivity index (χ1) is 9.74. The Kier molecular flexibility index (Phi) is 3.51. The summed E-state index contributed by atoms with van der Waals surface area (Å²) < 4.78 is 11.6. The monoisotopic (exact) mass is 335 g/mol. The number of carbonyl (C=O) groups is 1. The van der Waals surface area contributed by atoms with Crippen molar-refractivity contribution in [2.45, 2.75) is 0 Å². The average Bonchev–Trinajstić information content (AvgIpc) is 2.49. The quantitative estimate of drug-likeness (QED) is 0.911. The van der Waals surface area contributed by atoms with Crippen molar-refractivity contribution in [3.63, 3.8) is 0 Å². The zero-order chi connectivity index (χ0) is 13.9. The van der Waals surface area contributed by atoms with Crippen LogP contribution < -0.4 is 14.8 Å². The molecule has 1 amide bonds. The molecule has 0 atom stereocenters. The molecule has 2 heterocycles. The summed E-state index contributed by atoms with van der Waals surface area (Å²) in [7, 11) is 0. The Bertz CT molecular complexity index is 649. The van der Waals surface area contributed by atoms with E-state index in [9.17, 15) is 4.79 Å². The molecule has 0 saturated carbocycles. The molecule has 3 rings (SSSR count). The van der Waals surface area contributed by atoms with Crippen LogP contribution in [-0.2, 0) is 0 Å². The molecule has 0 fully saturated rings. The number of hydrogen-bond donors (Lipinski definition) is 1. The van der Waals surface area contributed by atoms with E-state index >= 15 is 0 Å². The van der Waals surface area contributed by atoms with Gasteiger partial charge in [0.2, 0.25) is 0 Å². The molecule has 0 aliphatic carbocycles. The highest BCUT2D eigenvalue weighted by Gasteiger charge is 2.17. The summed E-state index contributed by atoms with van der Waals surface area (Å²) in [5, 5.41) is 2.75. The van der Waals surface area contributed by atoms with Crippen LogP contribution in [-0.4, -0.2) is 29.1 Å². The Balaban J connectivity index is 1.86. The minimum absolute atomic E-state index is 0.245. The molecular formula is C13H10BrN3O3. The highest BCUT2D eigenvalue weighted by Crippen LogP contribution is 2.38. The van der Waals surface area contributed by atoms with Crippen LogP contribution in [0.3, 0.4) is 0 Å². The number of fused-ring (bicyclic) bond motifs is 1. The van der Waals surface area contributed by atoms with E-state index in [0.717, 1.165) is 0 Å². The lowest BCUT2D eigenvalue weighted by molar-refractivity contribution is 0.102. The maximum absolute atomic E-state index is 12.0. The summed E-state index contributed by atoms with van der Waals surface area (Å²) in [5.41, 5.74) is 0.833. The molecule has 1 N–H and O–H groups in total. The van der Waals surface area contributed by atoms with Crippen molar-refractivity contribution in [3.8, 4) is 11.5 Å². The number of nitrogens with zero attached hydrogens (tertiary/aromatic N) is 2. The van der Waals surface area contributed by atoms with Gasteiger partial charge in [-0.2, -0.15) is 0 Å². The van der Waals surface area contributed by atoms with Crippen molar-refractivity contribution < 1.29 is 14.3 Å². The lowest BCUT2D eigenvalue weighted by atomic mass is 10.2. The molecule has 2 aromatic rings. The molecule has 0 saturated heterocycles. The molecule has 1 aliphatic rings.